The van der Waals surface area contributed by atoms with Crippen molar-refractivity contribution in [2.45, 2.75) is 43.9 Å². The lowest BCUT2D eigenvalue weighted by atomic mass is 10.0. The molecule has 1 amide bonds. The first-order valence-corrected chi connectivity index (χ1v) is 12.7. The number of anilines is 1. The van der Waals surface area contributed by atoms with Gasteiger partial charge < -0.3 is 19.9 Å². The molecule has 2 aromatic carbocycles. The molecule has 2 N–H and O–H groups in total. The third-order valence-corrected chi connectivity index (χ3v) is 7.41. The van der Waals surface area contributed by atoms with Crippen LogP contribution in [0.3, 0.4) is 0 Å². The summed E-state index contributed by atoms with van der Waals surface area (Å²) in [5.41, 5.74) is 0.896. The van der Waals surface area contributed by atoms with Crippen LogP contribution in [0, 0.1) is 0 Å². The highest BCUT2D eigenvalue weighted by Crippen LogP contribution is 2.33. The molecular weight excluding hydrogens is 499 g/mol. The Balaban J connectivity index is 1.10. The van der Waals surface area contributed by atoms with Crippen LogP contribution in [-0.4, -0.2) is 72.1 Å². The number of esters is 1. The average Bonchev–Trinajstić information content (AvgIpc) is 3.54. The van der Waals surface area contributed by atoms with Crippen LogP contribution in [0.2, 0.25) is 0 Å². The summed E-state index contributed by atoms with van der Waals surface area (Å²) in [6.07, 6.45) is -1.78. The Morgan fingerprint density at radius 2 is 1.82 bits per heavy atom. The number of aromatic amines is 1. The van der Waals surface area contributed by atoms with Crippen LogP contribution in [0.1, 0.15) is 41.0 Å². The van der Waals surface area contributed by atoms with Gasteiger partial charge in [-0.05, 0) is 55.7 Å². The number of carbonyl (C=O) groups excluding carboxylic acids is 2. The van der Waals surface area contributed by atoms with Gasteiger partial charge in [-0.2, -0.15) is 13.2 Å². The molecule has 0 bridgehead atoms. The Hall–Kier alpha value is -3.60. The molecule has 1 aromatic heterocycles. The number of hydrogen-bond donors (Lipinski definition) is 2. The fraction of sp³-hybridized carbons (Fsp3) is 0.444. The zero-order valence-electron chi connectivity index (χ0n) is 21.1. The van der Waals surface area contributed by atoms with Crippen molar-refractivity contribution in [3.8, 4) is 0 Å². The molecule has 5 rings (SSSR count). The zero-order chi connectivity index (χ0) is 26.9. The van der Waals surface area contributed by atoms with E-state index in [1.807, 2.05) is 12.1 Å². The lowest BCUT2D eigenvalue weighted by molar-refractivity contribution is -0.136. The number of benzene rings is 2. The third kappa shape index (κ3) is 5.62. The number of fused-ring (bicyclic) bond motifs is 1. The van der Waals surface area contributed by atoms with Gasteiger partial charge in [0.1, 0.15) is 11.3 Å². The van der Waals surface area contributed by atoms with Gasteiger partial charge in [-0.1, -0.05) is 6.07 Å². The second-order valence-corrected chi connectivity index (χ2v) is 9.86. The Kier molecular flexibility index (Phi) is 7.29. The Morgan fingerprint density at radius 3 is 2.50 bits per heavy atom. The number of aromatic nitrogens is 2. The first-order valence-electron chi connectivity index (χ1n) is 12.7. The number of piperidine rings is 1. The number of hydrogen-bond acceptors (Lipinski definition) is 6. The van der Waals surface area contributed by atoms with Crippen molar-refractivity contribution >= 4 is 28.6 Å². The molecule has 8 nitrogen and oxygen atoms in total. The maximum Gasteiger partial charge on any atom is 0.418 e. The number of nitrogens with one attached hydrogen (secondary N) is 2. The lowest BCUT2D eigenvalue weighted by Gasteiger charge is -2.38. The number of likely N-dealkylation sites (tertiary alicyclic amines) is 1. The predicted octanol–water partition coefficient (Wildman–Crippen LogP) is 3.77. The summed E-state index contributed by atoms with van der Waals surface area (Å²) in [5, 5.41) is 3.03. The summed E-state index contributed by atoms with van der Waals surface area (Å²) in [7, 11) is 1.37. The molecule has 0 radical (unpaired) electrons. The molecule has 3 aromatic rings. The van der Waals surface area contributed by atoms with E-state index in [0.29, 0.717) is 11.6 Å². The van der Waals surface area contributed by atoms with Crippen LogP contribution in [-0.2, 0) is 22.1 Å². The minimum Gasteiger partial charge on any atom is -0.465 e. The van der Waals surface area contributed by atoms with E-state index in [-0.39, 0.29) is 41.2 Å². The first kappa shape index (κ1) is 26.0. The van der Waals surface area contributed by atoms with Crippen LogP contribution in [0.5, 0.6) is 0 Å². The van der Waals surface area contributed by atoms with Crippen molar-refractivity contribution in [2.24, 2.45) is 0 Å². The highest BCUT2D eigenvalue weighted by Gasteiger charge is 2.34. The number of amides is 1. The van der Waals surface area contributed by atoms with Crippen LogP contribution in [0.4, 0.5) is 18.9 Å². The number of rotatable bonds is 6. The van der Waals surface area contributed by atoms with E-state index in [1.165, 1.54) is 19.2 Å². The summed E-state index contributed by atoms with van der Waals surface area (Å²) in [4.78, 5) is 35.9. The molecule has 0 spiro atoms. The van der Waals surface area contributed by atoms with Gasteiger partial charge in [0.2, 0.25) is 5.91 Å². The first-order chi connectivity index (χ1) is 18.2. The molecule has 3 heterocycles. The zero-order valence-corrected chi connectivity index (χ0v) is 21.1. The number of carbonyl (C=O) groups is 2. The van der Waals surface area contributed by atoms with E-state index in [2.05, 4.69) is 25.1 Å². The summed E-state index contributed by atoms with van der Waals surface area (Å²) in [6.45, 7) is 3.45. The lowest BCUT2D eigenvalue weighted by Crippen LogP contribution is -2.45. The quantitative estimate of drug-likeness (QED) is 0.473. The molecule has 2 saturated heterocycles. The van der Waals surface area contributed by atoms with Gasteiger partial charge in [-0.25, -0.2) is 9.78 Å². The maximum atomic E-state index is 13.3. The number of methoxy groups -OCH3 is 1. The largest absolute Gasteiger partial charge is 0.465 e. The fourth-order valence-corrected chi connectivity index (χ4v) is 5.48. The van der Waals surface area contributed by atoms with Crippen LogP contribution in [0.25, 0.3) is 11.0 Å². The van der Waals surface area contributed by atoms with Gasteiger partial charge >= 0.3 is 12.1 Å². The van der Waals surface area contributed by atoms with Gasteiger partial charge in [-0.3, -0.25) is 9.69 Å². The number of nitrogens with zero attached hydrogens (tertiary/aromatic N) is 3. The van der Waals surface area contributed by atoms with Gasteiger partial charge in [-0.15, -0.1) is 0 Å². The van der Waals surface area contributed by atoms with Crippen molar-refractivity contribution in [3.63, 3.8) is 0 Å². The highest BCUT2D eigenvalue weighted by molar-refractivity contribution is 5.89. The topological polar surface area (TPSA) is 90.6 Å². The summed E-state index contributed by atoms with van der Waals surface area (Å²) >= 11 is 0. The molecule has 202 valence electrons. The molecule has 11 heteroatoms. The predicted molar refractivity (Wildman–Crippen MR) is 136 cm³/mol. The molecule has 2 aliphatic heterocycles. The Bertz CT molecular complexity index is 1300. The molecule has 0 aliphatic carbocycles. The molecule has 1 atom stereocenters. The van der Waals surface area contributed by atoms with E-state index in [4.69, 9.17) is 4.74 Å². The van der Waals surface area contributed by atoms with Gasteiger partial charge in [0.15, 0.2) is 0 Å². The van der Waals surface area contributed by atoms with Gasteiger partial charge in [0.05, 0.1) is 30.2 Å². The van der Waals surface area contributed by atoms with E-state index in [0.717, 1.165) is 57.2 Å². The second-order valence-electron chi connectivity index (χ2n) is 9.86. The van der Waals surface area contributed by atoms with E-state index < -0.39 is 11.7 Å². The number of imidazole rings is 1. The molecule has 2 aliphatic rings. The number of para-hydroxylation sites is 1. The number of halogens is 3. The van der Waals surface area contributed by atoms with Crippen molar-refractivity contribution < 1.29 is 27.5 Å². The second kappa shape index (κ2) is 10.6. The minimum atomic E-state index is -4.51. The average molecular weight is 530 g/mol. The maximum absolute atomic E-state index is 13.3. The smallest absolute Gasteiger partial charge is 0.418 e. The Labute approximate surface area is 218 Å². The summed E-state index contributed by atoms with van der Waals surface area (Å²) in [5.74, 6) is -0.384. The SMILES string of the molecule is COC(=O)c1ccc(N2CCC(N3CC[C@@H](NC(=O)Cc4nc5c(C(F)(F)F)cccc5[nH]4)C3)CC2)cc1. The van der Waals surface area contributed by atoms with Crippen LogP contribution in [0.15, 0.2) is 42.5 Å². The normalized spacial score (nSPS) is 19.2. The highest BCUT2D eigenvalue weighted by atomic mass is 19.4. The molecule has 2 fully saturated rings. The van der Waals surface area contributed by atoms with E-state index >= 15 is 0 Å². The molecule has 38 heavy (non-hydrogen) atoms. The molecule has 0 unspecified atom stereocenters. The summed E-state index contributed by atoms with van der Waals surface area (Å²) in [6, 6.07) is 11.7. The minimum absolute atomic E-state index is 0.00140. The number of H-pyrrole nitrogens is 1. The van der Waals surface area contributed by atoms with Crippen molar-refractivity contribution in [2.75, 3.05) is 38.2 Å². The molecular formula is C27H30F3N5O3. The third-order valence-electron chi connectivity index (χ3n) is 7.41. The van der Waals surface area contributed by atoms with Crippen molar-refractivity contribution in [3.05, 3.63) is 59.4 Å². The summed E-state index contributed by atoms with van der Waals surface area (Å²) < 4.78 is 44.5. The van der Waals surface area contributed by atoms with Gasteiger partial charge in [0.25, 0.3) is 0 Å². The monoisotopic (exact) mass is 529 g/mol. The fourth-order valence-electron chi connectivity index (χ4n) is 5.48. The van der Waals surface area contributed by atoms with Gasteiger partial charge in [0, 0.05) is 44.0 Å². The Morgan fingerprint density at radius 1 is 1.08 bits per heavy atom. The van der Waals surface area contributed by atoms with Crippen LogP contribution < -0.4 is 10.2 Å². The number of alkyl halides is 3. The molecule has 0 saturated carbocycles. The van der Waals surface area contributed by atoms with Crippen molar-refractivity contribution in [1.82, 2.24) is 20.2 Å². The van der Waals surface area contributed by atoms with Crippen molar-refractivity contribution in [1.29, 1.82) is 0 Å². The standard InChI is InChI=1S/C27H30F3N5O3/c1-38-26(37)17-5-7-19(8-6-17)34-13-10-20(11-14-34)35-12-9-18(16-35)31-24(36)15-23-32-22-4-2-3-21(25(22)33-23)27(28,29)30/h2-8,18,20H,9-16H2,1H3,(H,31,36)(H,32,33)/t18-/m1/s1. The van der Waals surface area contributed by atoms with Crippen LogP contribution >= 0.6 is 0 Å². The van der Waals surface area contributed by atoms with E-state index in [1.54, 1.807) is 12.1 Å². The van der Waals surface area contributed by atoms with E-state index in [9.17, 15) is 22.8 Å². The number of ether oxygens (including phenoxy) is 1.